The van der Waals surface area contributed by atoms with E-state index in [1.54, 1.807) is 0 Å². The number of rotatable bonds is 3. The normalized spacial score (nSPS) is 12.0. The number of alkyl halides is 3. The number of methoxy groups -OCH3 is 1. The first-order chi connectivity index (χ1) is 18.4. The zero-order valence-electron chi connectivity index (χ0n) is 19.4. The van der Waals surface area contributed by atoms with Crippen LogP contribution in [0.3, 0.4) is 0 Å². The van der Waals surface area contributed by atoms with Crippen molar-refractivity contribution in [3.63, 3.8) is 0 Å². The highest BCUT2D eigenvalue weighted by atomic mass is 19.4. The molecule has 0 spiro atoms. The Labute approximate surface area is 212 Å². The minimum absolute atomic E-state index is 0.0860. The molecule has 5 rings (SSSR count). The van der Waals surface area contributed by atoms with Crippen LogP contribution in [0.4, 0.5) is 43.9 Å². The first-order valence-corrected chi connectivity index (χ1v) is 11.0. The average molecular weight is 554 g/mol. The molecule has 0 saturated heterocycles. The summed E-state index contributed by atoms with van der Waals surface area (Å²) in [6.45, 7) is 0. The maximum Gasteiger partial charge on any atom is 0.422 e. The molecule has 0 unspecified atom stereocenters. The summed E-state index contributed by atoms with van der Waals surface area (Å²) < 4.78 is 150. The summed E-state index contributed by atoms with van der Waals surface area (Å²) in [6, 6.07) is 9.61. The van der Waals surface area contributed by atoms with Crippen molar-refractivity contribution in [3.8, 4) is 28.0 Å². The van der Waals surface area contributed by atoms with Crippen LogP contribution in [0.25, 0.3) is 43.8 Å². The Balaban J connectivity index is 2.06. The molecule has 1 nitrogen and oxygen atoms in total. The highest BCUT2D eigenvalue weighted by molar-refractivity contribution is 6.21. The Morgan fingerprint density at radius 2 is 1.10 bits per heavy atom. The topological polar surface area (TPSA) is 9.23 Å². The van der Waals surface area contributed by atoms with Gasteiger partial charge >= 0.3 is 6.18 Å². The van der Waals surface area contributed by atoms with Gasteiger partial charge < -0.3 is 4.74 Å². The minimum atomic E-state index is -5.83. The lowest BCUT2D eigenvalue weighted by molar-refractivity contribution is -0.143. The summed E-state index contributed by atoms with van der Waals surface area (Å²) >= 11 is 0. The van der Waals surface area contributed by atoms with Crippen molar-refractivity contribution in [2.24, 2.45) is 0 Å². The summed E-state index contributed by atoms with van der Waals surface area (Å²) in [5.74, 6) is -13.8. The molecule has 0 bridgehead atoms. The number of ether oxygens (including phenoxy) is 1. The van der Waals surface area contributed by atoms with Crippen LogP contribution in [0.2, 0.25) is 0 Å². The maximum absolute atomic E-state index is 15.4. The zero-order valence-corrected chi connectivity index (χ0v) is 19.4. The number of fused-ring (bicyclic) bond motifs is 2. The Hall–Kier alpha value is -4.28. The number of hydrogen-bond donors (Lipinski definition) is 0. The fraction of sp³-hybridized carbons (Fsp3) is 0.0714. The van der Waals surface area contributed by atoms with Crippen molar-refractivity contribution >= 4 is 21.5 Å². The lowest BCUT2D eigenvalue weighted by Crippen LogP contribution is -2.16. The highest BCUT2D eigenvalue weighted by Gasteiger charge is 2.43. The summed E-state index contributed by atoms with van der Waals surface area (Å²) in [5.41, 5.74) is -5.56. The molecule has 0 atom stereocenters. The average Bonchev–Trinajstić information content (AvgIpc) is 2.88. The summed E-state index contributed by atoms with van der Waals surface area (Å²) in [7, 11) is 1.37. The molecule has 0 amide bonds. The van der Waals surface area contributed by atoms with Crippen molar-refractivity contribution in [1.29, 1.82) is 0 Å². The molecule has 5 aromatic carbocycles. The second-order valence-corrected chi connectivity index (χ2v) is 8.45. The number of halogens is 10. The molecule has 0 saturated carbocycles. The van der Waals surface area contributed by atoms with Gasteiger partial charge in [0.05, 0.1) is 12.7 Å². The van der Waals surface area contributed by atoms with Gasteiger partial charge in [-0.05, 0) is 52.7 Å². The van der Waals surface area contributed by atoms with Crippen LogP contribution >= 0.6 is 0 Å². The molecule has 0 heterocycles. The molecular formula is C28H12F10O. The van der Waals surface area contributed by atoms with Gasteiger partial charge in [0.25, 0.3) is 0 Å². The second-order valence-electron chi connectivity index (χ2n) is 8.45. The molecule has 0 aromatic heterocycles. The van der Waals surface area contributed by atoms with E-state index >= 15 is 17.6 Å². The van der Waals surface area contributed by atoms with Gasteiger partial charge in [-0.3, -0.25) is 0 Å². The monoisotopic (exact) mass is 554 g/mol. The Morgan fingerprint density at radius 1 is 0.564 bits per heavy atom. The van der Waals surface area contributed by atoms with E-state index in [0.717, 1.165) is 12.1 Å². The van der Waals surface area contributed by atoms with Crippen molar-refractivity contribution in [2.45, 2.75) is 6.18 Å². The largest absolute Gasteiger partial charge is 0.497 e. The molecule has 200 valence electrons. The fourth-order valence-corrected chi connectivity index (χ4v) is 4.67. The van der Waals surface area contributed by atoms with Crippen LogP contribution in [0, 0.1) is 40.7 Å². The smallest absolute Gasteiger partial charge is 0.422 e. The third kappa shape index (κ3) is 4.03. The molecule has 11 heteroatoms. The lowest BCUT2D eigenvalue weighted by atomic mass is 9.84. The quantitative estimate of drug-likeness (QED) is 0.123. The first kappa shape index (κ1) is 26.3. The van der Waals surface area contributed by atoms with E-state index in [1.165, 1.54) is 31.4 Å². The van der Waals surface area contributed by atoms with Crippen LogP contribution in [0.1, 0.15) is 5.56 Å². The number of hydrogen-bond acceptors (Lipinski definition) is 1. The van der Waals surface area contributed by atoms with Gasteiger partial charge in [0, 0.05) is 21.9 Å². The number of benzene rings is 5. The van der Waals surface area contributed by atoms with E-state index < -0.39 is 79.7 Å². The second kappa shape index (κ2) is 9.18. The van der Waals surface area contributed by atoms with Crippen molar-refractivity contribution in [2.75, 3.05) is 7.11 Å². The first-order valence-electron chi connectivity index (χ1n) is 11.0. The van der Waals surface area contributed by atoms with Crippen molar-refractivity contribution in [3.05, 3.63) is 101 Å². The van der Waals surface area contributed by atoms with Crippen molar-refractivity contribution in [1.82, 2.24) is 0 Å². The van der Waals surface area contributed by atoms with Gasteiger partial charge in [0.1, 0.15) is 28.8 Å². The van der Waals surface area contributed by atoms with E-state index in [1.807, 2.05) is 0 Å². The van der Waals surface area contributed by atoms with Crippen LogP contribution in [-0.2, 0) is 6.18 Å². The molecule has 0 aliphatic carbocycles. The van der Waals surface area contributed by atoms with E-state index in [4.69, 9.17) is 4.74 Å². The molecular weight excluding hydrogens is 542 g/mol. The SMILES string of the molecule is COc1ccc(-c2c3ccc(F)cc3c(-c3c(F)c(F)c(C(F)(F)F)c(F)c3F)c3c(F)ccc(F)c23)cc1. The van der Waals surface area contributed by atoms with Crippen LogP contribution in [0.15, 0.2) is 54.6 Å². The zero-order chi connectivity index (χ0) is 28.4. The molecule has 0 aliphatic heterocycles. The predicted octanol–water partition coefficient (Wildman–Crippen LogP) is 9.33. The van der Waals surface area contributed by atoms with Crippen LogP contribution in [-0.4, -0.2) is 7.11 Å². The van der Waals surface area contributed by atoms with E-state index in [9.17, 15) is 26.3 Å². The van der Waals surface area contributed by atoms with Crippen LogP contribution in [0.5, 0.6) is 5.75 Å². The molecule has 0 N–H and O–H groups in total. The van der Waals surface area contributed by atoms with Gasteiger partial charge in [-0.2, -0.15) is 13.2 Å². The van der Waals surface area contributed by atoms with Crippen molar-refractivity contribution < 1.29 is 48.6 Å². The summed E-state index contributed by atoms with van der Waals surface area (Å²) in [6.07, 6.45) is -5.83. The standard InChI is InChI=1S/C28H12F10O/c1-39-13-5-2-11(3-6-13)18-14-7-4-12(29)10-15(14)19(21-17(31)9-8-16(30)20(18)21)22-24(32)26(34)23(28(36,37)38)27(35)25(22)33/h2-10H,1H3. The van der Waals surface area contributed by atoms with Gasteiger partial charge in [-0.25, -0.2) is 30.7 Å². The molecule has 0 radical (unpaired) electrons. The Morgan fingerprint density at radius 3 is 1.62 bits per heavy atom. The van der Waals surface area contributed by atoms with Crippen LogP contribution < -0.4 is 4.74 Å². The maximum atomic E-state index is 15.4. The molecule has 5 aromatic rings. The lowest BCUT2D eigenvalue weighted by Gasteiger charge is -2.20. The van der Waals surface area contributed by atoms with Gasteiger partial charge in [0.15, 0.2) is 23.3 Å². The fourth-order valence-electron chi connectivity index (χ4n) is 4.67. The van der Waals surface area contributed by atoms with Gasteiger partial charge in [0.2, 0.25) is 0 Å². The Bertz CT molecular complexity index is 1760. The van der Waals surface area contributed by atoms with E-state index in [-0.39, 0.29) is 16.5 Å². The van der Waals surface area contributed by atoms with E-state index in [0.29, 0.717) is 23.9 Å². The summed E-state index contributed by atoms with van der Waals surface area (Å²) in [5, 5.41) is -2.24. The summed E-state index contributed by atoms with van der Waals surface area (Å²) in [4.78, 5) is 0. The molecule has 39 heavy (non-hydrogen) atoms. The highest BCUT2D eigenvalue weighted by Crippen LogP contribution is 2.48. The molecule has 0 aliphatic rings. The third-order valence-corrected chi connectivity index (χ3v) is 6.30. The molecule has 0 fully saturated rings. The third-order valence-electron chi connectivity index (χ3n) is 6.30. The Kier molecular flexibility index (Phi) is 6.20. The predicted molar refractivity (Wildman–Crippen MR) is 124 cm³/mol. The minimum Gasteiger partial charge on any atom is -0.497 e. The van der Waals surface area contributed by atoms with Gasteiger partial charge in [-0.1, -0.05) is 18.2 Å². The van der Waals surface area contributed by atoms with E-state index in [2.05, 4.69) is 0 Å². The van der Waals surface area contributed by atoms with Gasteiger partial charge in [-0.15, -0.1) is 0 Å².